The minimum Gasteiger partial charge on any atom is -0.287 e. The quantitative estimate of drug-likeness (QED) is 0.704. The summed E-state index contributed by atoms with van der Waals surface area (Å²) in [5.74, 6) is 0.0156. The number of nitrogens with zero attached hydrogens (tertiary/aromatic N) is 2. The van der Waals surface area contributed by atoms with E-state index in [2.05, 4.69) is 0 Å². The van der Waals surface area contributed by atoms with E-state index in [4.69, 9.17) is 5.26 Å². The molecule has 0 unspecified atom stereocenters. The molecule has 0 spiro atoms. The zero-order chi connectivity index (χ0) is 12.0. The molecule has 92 valence electrons. The van der Waals surface area contributed by atoms with Crippen molar-refractivity contribution in [2.24, 2.45) is 0 Å². The molecule has 0 radical (unpaired) electrons. The zero-order valence-electron chi connectivity index (χ0n) is 8.96. The Morgan fingerprint density at radius 3 is 2.44 bits per heavy atom. The molecule has 0 N–H and O–H groups in total. The third-order valence-corrected chi connectivity index (χ3v) is 3.47. The lowest BCUT2D eigenvalue weighted by molar-refractivity contribution is -0.0329. The summed E-state index contributed by atoms with van der Waals surface area (Å²) in [5.41, 5.74) is -4.16. The van der Waals surface area contributed by atoms with Crippen LogP contribution in [0.3, 0.4) is 0 Å². The smallest absolute Gasteiger partial charge is 0.287 e. The Balaban J connectivity index is 2.31. The molecule has 0 amide bonds. The van der Waals surface area contributed by atoms with Crippen molar-refractivity contribution in [1.29, 1.82) is 5.26 Å². The summed E-state index contributed by atoms with van der Waals surface area (Å²) >= 11 is -0.00453. The molecule has 0 atom stereocenters. The average Bonchev–Trinajstić information content (AvgIpc) is 2.67. The van der Waals surface area contributed by atoms with Crippen LogP contribution in [-0.4, -0.2) is 35.3 Å². The largest absolute Gasteiger partial charge is 0.441 e. The summed E-state index contributed by atoms with van der Waals surface area (Å²) < 4.78 is 35.8. The second-order valence-electron chi connectivity index (χ2n) is 3.86. The van der Waals surface area contributed by atoms with Gasteiger partial charge in [0.2, 0.25) is 0 Å². The van der Waals surface area contributed by atoms with Gasteiger partial charge in [-0.25, -0.2) is 0 Å². The fourth-order valence-electron chi connectivity index (χ4n) is 2.03. The van der Waals surface area contributed by atoms with Crippen LogP contribution in [0.1, 0.15) is 25.7 Å². The molecule has 2 nitrogen and oxygen atoms in total. The number of hydrogen-bond acceptors (Lipinski definition) is 3. The molecule has 0 bridgehead atoms. The van der Waals surface area contributed by atoms with Gasteiger partial charge in [-0.3, -0.25) is 4.90 Å². The highest BCUT2D eigenvalue weighted by Gasteiger charge is 2.29. The third kappa shape index (κ3) is 5.08. The number of alkyl halides is 3. The number of rotatable bonds is 5. The van der Waals surface area contributed by atoms with E-state index in [1.807, 2.05) is 11.0 Å². The van der Waals surface area contributed by atoms with Gasteiger partial charge in [-0.2, -0.15) is 18.4 Å². The summed E-state index contributed by atoms with van der Waals surface area (Å²) in [5, 5.41) is 8.64. The Labute approximate surface area is 97.8 Å². The van der Waals surface area contributed by atoms with Crippen LogP contribution in [0.15, 0.2) is 0 Å². The molecule has 0 heterocycles. The Morgan fingerprint density at radius 1 is 1.31 bits per heavy atom. The van der Waals surface area contributed by atoms with Crippen LogP contribution in [0.4, 0.5) is 13.2 Å². The van der Waals surface area contributed by atoms with Crippen molar-refractivity contribution in [3.8, 4) is 6.07 Å². The van der Waals surface area contributed by atoms with Crippen LogP contribution in [0, 0.1) is 11.3 Å². The van der Waals surface area contributed by atoms with Crippen molar-refractivity contribution in [3.63, 3.8) is 0 Å². The fourth-order valence-corrected chi connectivity index (χ4v) is 2.59. The Morgan fingerprint density at radius 2 is 1.94 bits per heavy atom. The van der Waals surface area contributed by atoms with E-state index in [-0.39, 0.29) is 24.1 Å². The molecule has 1 rings (SSSR count). The van der Waals surface area contributed by atoms with E-state index in [0.29, 0.717) is 12.6 Å². The molecule has 0 aromatic rings. The van der Waals surface area contributed by atoms with Gasteiger partial charge >= 0.3 is 5.51 Å². The van der Waals surface area contributed by atoms with Gasteiger partial charge in [0, 0.05) is 18.3 Å². The Bertz CT molecular complexity index is 243. The Kier molecular flexibility index (Phi) is 5.42. The lowest BCUT2D eigenvalue weighted by Crippen LogP contribution is -2.35. The van der Waals surface area contributed by atoms with E-state index < -0.39 is 5.51 Å². The molecule has 0 aromatic heterocycles. The summed E-state index contributed by atoms with van der Waals surface area (Å²) in [6.07, 6.45) is 4.27. The molecular weight excluding hydrogens is 237 g/mol. The van der Waals surface area contributed by atoms with Crippen LogP contribution in [0.5, 0.6) is 0 Å². The third-order valence-electron chi connectivity index (χ3n) is 2.76. The maximum Gasteiger partial charge on any atom is 0.441 e. The molecule has 1 aliphatic rings. The van der Waals surface area contributed by atoms with Crippen molar-refractivity contribution in [2.45, 2.75) is 37.2 Å². The van der Waals surface area contributed by atoms with Crippen molar-refractivity contribution in [1.82, 2.24) is 4.90 Å². The van der Waals surface area contributed by atoms with Gasteiger partial charge in [-0.15, -0.1) is 0 Å². The van der Waals surface area contributed by atoms with E-state index >= 15 is 0 Å². The van der Waals surface area contributed by atoms with Crippen LogP contribution in [0.2, 0.25) is 0 Å². The minimum atomic E-state index is -4.16. The summed E-state index contributed by atoms with van der Waals surface area (Å²) in [6, 6.07) is 2.34. The van der Waals surface area contributed by atoms with Gasteiger partial charge in [0.05, 0.1) is 12.6 Å². The van der Waals surface area contributed by atoms with Gasteiger partial charge in [-0.05, 0) is 24.6 Å². The monoisotopic (exact) mass is 252 g/mol. The topological polar surface area (TPSA) is 27.0 Å². The second kappa shape index (κ2) is 6.36. The molecule has 1 fully saturated rings. The highest BCUT2D eigenvalue weighted by molar-refractivity contribution is 8.00. The van der Waals surface area contributed by atoms with Crippen LogP contribution < -0.4 is 0 Å². The predicted molar refractivity (Wildman–Crippen MR) is 58.0 cm³/mol. The minimum absolute atomic E-state index is 0.00453. The fraction of sp³-hybridized carbons (Fsp3) is 0.900. The standard InChI is InChI=1S/C10H15F3N2S/c11-10(12,13)16-8-7-15(6-5-14)9-3-1-2-4-9/h9H,1-4,6-8H2. The molecule has 1 aliphatic carbocycles. The van der Waals surface area contributed by atoms with E-state index in [1.54, 1.807) is 0 Å². The zero-order valence-corrected chi connectivity index (χ0v) is 9.78. The number of halogens is 3. The van der Waals surface area contributed by atoms with Gasteiger partial charge in [0.15, 0.2) is 0 Å². The van der Waals surface area contributed by atoms with Crippen LogP contribution in [-0.2, 0) is 0 Å². The van der Waals surface area contributed by atoms with Crippen LogP contribution in [0.25, 0.3) is 0 Å². The van der Waals surface area contributed by atoms with Gasteiger partial charge < -0.3 is 0 Å². The first-order valence-corrected chi connectivity index (χ1v) is 6.33. The second-order valence-corrected chi connectivity index (χ2v) is 5.02. The molecule has 0 aromatic carbocycles. The molecule has 6 heteroatoms. The molecular formula is C10H15F3N2S. The number of hydrogen-bond donors (Lipinski definition) is 0. The first-order chi connectivity index (χ1) is 7.53. The molecule has 0 saturated heterocycles. The van der Waals surface area contributed by atoms with Crippen molar-refractivity contribution < 1.29 is 13.2 Å². The SMILES string of the molecule is N#CCN(CCSC(F)(F)F)C1CCCC1. The average molecular weight is 252 g/mol. The summed E-state index contributed by atoms with van der Waals surface area (Å²) in [7, 11) is 0. The first-order valence-electron chi connectivity index (χ1n) is 5.34. The van der Waals surface area contributed by atoms with Gasteiger partial charge in [0.25, 0.3) is 0 Å². The van der Waals surface area contributed by atoms with E-state index in [1.165, 1.54) is 0 Å². The number of thioether (sulfide) groups is 1. The van der Waals surface area contributed by atoms with E-state index in [9.17, 15) is 13.2 Å². The van der Waals surface area contributed by atoms with Crippen LogP contribution >= 0.6 is 11.8 Å². The maximum absolute atomic E-state index is 11.9. The summed E-state index contributed by atoms with van der Waals surface area (Å²) in [6.45, 7) is 0.589. The molecule has 0 aliphatic heterocycles. The lowest BCUT2D eigenvalue weighted by atomic mass is 10.2. The lowest BCUT2D eigenvalue weighted by Gasteiger charge is -2.25. The van der Waals surface area contributed by atoms with Gasteiger partial charge in [0.1, 0.15) is 0 Å². The summed E-state index contributed by atoms with van der Waals surface area (Å²) in [4.78, 5) is 1.88. The first kappa shape index (κ1) is 13.7. The van der Waals surface area contributed by atoms with Crippen molar-refractivity contribution >= 4 is 11.8 Å². The molecule has 16 heavy (non-hydrogen) atoms. The van der Waals surface area contributed by atoms with Gasteiger partial charge in [-0.1, -0.05) is 12.8 Å². The molecule has 1 saturated carbocycles. The maximum atomic E-state index is 11.9. The highest BCUT2D eigenvalue weighted by atomic mass is 32.2. The Hall–Kier alpha value is -0.410. The van der Waals surface area contributed by atoms with E-state index in [0.717, 1.165) is 25.7 Å². The van der Waals surface area contributed by atoms with Crippen molar-refractivity contribution in [3.05, 3.63) is 0 Å². The van der Waals surface area contributed by atoms with Crippen molar-refractivity contribution in [2.75, 3.05) is 18.8 Å². The number of nitriles is 1. The predicted octanol–water partition coefficient (Wildman–Crippen LogP) is 3.01. The highest BCUT2D eigenvalue weighted by Crippen LogP contribution is 2.30. The normalized spacial score (nSPS) is 17.9.